The van der Waals surface area contributed by atoms with Gasteiger partial charge in [-0.1, -0.05) is 12.2 Å². The first-order valence-electron chi connectivity index (χ1n) is 11.7. The van der Waals surface area contributed by atoms with Crippen molar-refractivity contribution >= 4 is 34.7 Å². The number of likely N-dealkylation sites (tertiary alicyclic amines) is 1. The van der Waals surface area contributed by atoms with Crippen LogP contribution in [0.2, 0.25) is 0 Å². The second-order valence-electron chi connectivity index (χ2n) is 9.31. The van der Waals surface area contributed by atoms with Crippen LogP contribution in [0.1, 0.15) is 36.6 Å². The van der Waals surface area contributed by atoms with E-state index in [2.05, 4.69) is 28.2 Å². The van der Waals surface area contributed by atoms with Crippen molar-refractivity contribution in [3.8, 4) is 11.3 Å². The average molecular weight is 455 g/mol. The number of anilines is 1. The first-order chi connectivity index (χ1) is 16.5. The Morgan fingerprint density at radius 1 is 1.12 bits per heavy atom. The summed E-state index contributed by atoms with van der Waals surface area (Å²) in [4.78, 5) is 45.0. The van der Waals surface area contributed by atoms with E-state index in [0.29, 0.717) is 19.6 Å². The molecule has 3 aromatic rings. The van der Waals surface area contributed by atoms with Crippen LogP contribution >= 0.6 is 0 Å². The predicted molar refractivity (Wildman–Crippen MR) is 130 cm³/mol. The van der Waals surface area contributed by atoms with E-state index in [-0.39, 0.29) is 18.0 Å². The minimum absolute atomic E-state index is 0.00690. The molecule has 1 fully saturated rings. The van der Waals surface area contributed by atoms with Crippen molar-refractivity contribution in [2.75, 3.05) is 25.0 Å². The summed E-state index contributed by atoms with van der Waals surface area (Å²) in [6, 6.07) is 6.04. The topological polar surface area (TPSA) is 82.5 Å². The van der Waals surface area contributed by atoms with Gasteiger partial charge in [0.15, 0.2) is 0 Å². The molecule has 6 rings (SSSR count). The standard InChI is InChI=1S/C26H26N6O2/c1-16(33)31-10-8-20(9-11-31)32-25-19(15-30(2)26(32)34)14-28-23-7-6-22(29-24(23)25)18-12-17-4-3-5-21(17)27-13-18/h3-4,6-7,12-14,20H,5,8-11,15H2,1-2H3. The Morgan fingerprint density at radius 2 is 1.94 bits per heavy atom. The van der Waals surface area contributed by atoms with Crippen LogP contribution in [0.25, 0.3) is 28.4 Å². The number of allylic oxidation sites excluding steroid dienone is 1. The third kappa shape index (κ3) is 3.32. The highest BCUT2D eigenvalue weighted by molar-refractivity contribution is 6.04. The van der Waals surface area contributed by atoms with Crippen LogP contribution in [0.15, 0.2) is 36.7 Å². The number of aromatic nitrogens is 3. The van der Waals surface area contributed by atoms with Crippen molar-refractivity contribution in [3.63, 3.8) is 0 Å². The number of nitrogens with zero attached hydrogens (tertiary/aromatic N) is 6. The number of hydrogen-bond donors (Lipinski definition) is 0. The molecule has 0 N–H and O–H groups in total. The molecule has 34 heavy (non-hydrogen) atoms. The van der Waals surface area contributed by atoms with Crippen molar-refractivity contribution in [1.82, 2.24) is 24.8 Å². The fourth-order valence-corrected chi connectivity index (χ4v) is 5.28. The zero-order valence-corrected chi connectivity index (χ0v) is 19.4. The lowest BCUT2D eigenvalue weighted by Crippen LogP contribution is -2.54. The molecular weight excluding hydrogens is 428 g/mol. The number of urea groups is 1. The lowest BCUT2D eigenvalue weighted by Gasteiger charge is -2.43. The predicted octanol–water partition coefficient (Wildman–Crippen LogP) is 3.64. The fraction of sp³-hybridized carbons (Fsp3) is 0.346. The maximum atomic E-state index is 13.4. The van der Waals surface area contributed by atoms with Crippen LogP contribution in [0.3, 0.4) is 0 Å². The lowest BCUT2D eigenvalue weighted by molar-refractivity contribution is -0.129. The van der Waals surface area contributed by atoms with Gasteiger partial charge in [0.05, 0.1) is 29.1 Å². The molecule has 0 radical (unpaired) electrons. The minimum atomic E-state index is -0.0298. The van der Waals surface area contributed by atoms with E-state index in [1.807, 2.05) is 41.4 Å². The van der Waals surface area contributed by atoms with Crippen molar-refractivity contribution in [2.24, 2.45) is 0 Å². The van der Waals surface area contributed by atoms with E-state index in [4.69, 9.17) is 4.98 Å². The van der Waals surface area contributed by atoms with Gasteiger partial charge in [0.1, 0.15) is 5.52 Å². The Balaban J connectivity index is 1.45. The van der Waals surface area contributed by atoms with Crippen LogP contribution < -0.4 is 4.90 Å². The number of piperidine rings is 1. The second kappa shape index (κ2) is 7.90. The molecule has 0 atom stereocenters. The van der Waals surface area contributed by atoms with Crippen molar-refractivity contribution in [3.05, 3.63) is 53.5 Å². The molecule has 5 heterocycles. The Kier molecular flexibility index (Phi) is 4.83. The molecule has 8 nitrogen and oxygen atoms in total. The highest BCUT2D eigenvalue weighted by atomic mass is 16.2. The first kappa shape index (κ1) is 20.8. The summed E-state index contributed by atoms with van der Waals surface area (Å²) in [5, 5.41) is 0. The number of carbonyl (C=O) groups excluding carboxylic acids is 2. The van der Waals surface area contributed by atoms with Gasteiger partial charge in [0, 0.05) is 63.0 Å². The zero-order chi connectivity index (χ0) is 23.4. The van der Waals surface area contributed by atoms with Crippen LogP contribution in [-0.2, 0) is 17.8 Å². The number of amides is 3. The van der Waals surface area contributed by atoms with Gasteiger partial charge in [0.2, 0.25) is 5.91 Å². The number of pyridine rings is 3. The molecule has 0 spiro atoms. The minimum Gasteiger partial charge on any atom is -0.343 e. The van der Waals surface area contributed by atoms with Crippen LogP contribution in [-0.4, -0.2) is 62.9 Å². The molecule has 2 aliphatic heterocycles. The quantitative estimate of drug-likeness (QED) is 0.590. The fourth-order valence-electron chi connectivity index (χ4n) is 5.28. The molecule has 1 saturated heterocycles. The van der Waals surface area contributed by atoms with E-state index in [9.17, 15) is 9.59 Å². The Hall–Kier alpha value is -3.81. The summed E-state index contributed by atoms with van der Waals surface area (Å²) < 4.78 is 0. The summed E-state index contributed by atoms with van der Waals surface area (Å²) in [5.74, 6) is 0.0831. The number of fused-ring (bicyclic) bond motifs is 4. The van der Waals surface area contributed by atoms with Gasteiger partial charge in [0.25, 0.3) is 0 Å². The highest BCUT2D eigenvalue weighted by Gasteiger charge is 2.37. The van der Waals surface area contributed by atoms with E-state index in [1.54, 1.807) is 11.8 Å². The van der Waals surface area contributed by atoms with Crippen LogP contribution in [0.4, 0.5) is 10.5 Å². The molecule has 0 saturated carbocycles. The third-order valence-electron chi connectivity index (χ3n) is 7.13. The van der Waals surface area contributed by atoms with Gasteiger partial charge in [-0.25, -0.2) is 9.78 Å². The smallest absolute Gasteiger partial charge is 0.324 e. The Morgan fingerprint density at radius 3 is 2.74 bits per heavy atom. The summed E-state index contributed by atoms with van der Waals surface area (Å²) in [7, 11) is 1.82. The summed E-state index contributed by atoms with van der Waals surface area (Å²) in [6.07, 6.45) is 10.3. The molecule has 3 amide bonds. The zero-order valence-electron chi connectivity index (χ0n) is 19.4. The van der Waals surface area contributed by atoms with Gasteiger partial charge >= 0.3 is 6.03 Å². The molecule has 3 aromatic heterocycles. The molecule has 3 aliphatic rings. The SMILES string of the molecule is CC(=O)N1CCC(N2C(=O)N(C)Cc3cnc4ccc(-c5cnc6c(c5)C=CC6)nc4c32)CC1. The Labute approximate surface area is 197 Å². The molecular formula is C26H26N6O2. The normalized spacial score (nSPS) is 17.9. The number of hydrogen-bond acceptors (Lipinski definition) is 5. The molecule has 0 aromatic carbocycles. The maximum Gasteiger partial charge on any atom is 0.324 e. The largest absolute Gasteiger partial charge is 0.343 e. The van der Waals surface area contributed by atoms with Crippen LogP contribution in [0, 0.1) is 0 Å². The van der Waals surface area contributed by atoms with E-state index in [0.717, 1.165) is 64.1 Å². The third-order valence-corrected chi connectivity index (χ3v) is 7.13. The van der Waals surface area contributed by atoms with Crippen molar-refractivity contribution in [1.29, 1.82) is 0 Å². The van der Waals surface area contributed by atoms with E-state index >= 15 is 0 Å². The van der Waals surface area contributed by atoms with Gasteiger partial charge in [-0.05, 0) is 36.6 Å². The van der Waals surface area contributed by atoms with Gasteiger partial charge in [-0.2, -0.15) is 0 Å². The molecule has 172 valence electrons. The molecule has 8 heteroatoms. The van der Waals surface area contributed by atoms with Gasteiger partial charge in [-0.3, -0.25) is 19.7 Å². The van der Waals surface area contributed by atoms with Crippen molar-refractivity contribution in [2.45, 2.75) is 38.8 Å². The monoisotopic (exact) mass is 454 g/mol. The van der Waals surface area contributed by atoms with Crippen molar-refractivity contribution < 1.29 is 9.59 Å². The van der Waals surface area contributed by atoms with Gasteiger partial charge < -0.3 is 9.80 Å². The molecule has 1 aliphatic carbocycles. The van der Waals surface area contributed by atoms with E-state index in [1.165, 1.54) is 0 Å². The lowest BCUT2D eigenvalue weighted by atomic mass is 9.99. The highest BCUT2D eigenvalue weighted by Crippen LogP contribution is 2.38. The first-order valence-corrected chi connectivity index (χ1v) is 11.7. The summed E-state index contributed by atoms with van der Waals surface area (Å²) >= 11 is 0. The summed E-state index contributed by atoms with van der Waals surface area (Å²) in [6.45, 7) is 3.40. The van der Waals surface area contributed by atoms with Crippen LogP contribution in [0.5, 0.6) is 0 Å². The average Bonchev–Trinajstić information content (AvgIpc) is 3.32. The van der Waals surface area contributed by atoms with Gasteiger partial charge in [-0.15, -0.1) is 0 Å². The number of rotatable bonds is 2. The number of carbonyl (C=O) groups is 2. The maximum absolute atomic E-state index is 13.4. The molecule has 0 bridgehead atoms. The second-order valence-corrected chi connectivity index (χ2v) is 9.31. The molecule has 0 unspecified atom stereocenters. The Bertz CT molecular complexity index is 1360. The summed E-state index contributed by atoms with van der Waals surface area (Å²) in [5.41, 5.74) is 7.32. The van der Waals surface area contributed by atoms with E-state index < -0.39 is 0 Å².